The predicted molar refractivity (Wildman–Crippen MR) is 62.9 cm³/mol. The molecule has 0 spiro atoms. The number of ether oxygens (including phenoxy) is 1. The van der Waals surface area contributed by atoms with Gasteiger partial charge in [0.25, 0.3) is 0 Å². The molecular weight excluding hydrogens is 230 g/mol. The fourth-order valence-electron chi connectivity index (χ4n) is 1.46. The minimum Gasteiger partial charge on any atom is -0.465 e. The average molecular weight is 252 g/mol. The van der Waals surface area contributed by atoms with Gasteiger partial charge >= 0.3 is 14.7 Å². The van der Waals surface area contributed by atoms with Gasteiger partial charge < -0.3 is 4.74 Å². The molecule has 0 heterocycles. The lowest BCUT2D eigenvalue weighted by Crippen LogP contribution is -2.25. The molecule has 0 aromatic rings. The Labute approximate surface area is 97.7 Å². The zero-order valence-corrected chi connectivity index (χ0v) is 11.4. The highest BCUT2D eigenvalue weighted by Crippen LogP contribution is 2.20. The molecule has 0 aliphatic rings. The van der Waals surface area contributed by atoms with Crippen LogP contribution < -0.4 is 0 Å². The Morgan fingerprint density at radius 3 is 2.44 bits per heavy atom. The molecule has 16 heavy (non-hydrogen) atoms. The first-order valence-electron chi connectivity index (χ1n) is 5.91. The molecule has 0 bridgehead atoms. The van der Waals surface area contributed by atoms with E-state index in [4.69, 9.17) is 4.74 Å². The van der Waals surface area contributed by atoms with Crippen molar-refractivity contribution in [2.75, 3.05) is 6.61 Å². The van der Waals surface area contributed by atoms with Gasteiger partial charge in [0.1, 0.15) is 0 Å². The number of unbranched alkanes of at least 4 members (excludes halogenated alkanes) is 3. The number of hydrogen-bond acceptors (Lipinski definition) is 2. The van der Waals surface area contributed by atoms with E-state index in [9.17, 15) is 13.0 Å². The number of rotatable bonds is 8. The van der Waals surface area contributed by atoms with Crippen LogP contribution in [0.1, 0.15) is 39.5 Å². The minimum atomic E-state index is -4.14. The number of carbonyl (C=O) groups is 1. The molecule has 0 aromatic heterocycles. The lowest BCUT2D eigenvalue weighted by atomic mass is 10.2. The molecule has 0 saturated carbocycles. The maximum Gasteiger partial charge on any atom is 0.422 e. The summed E-state index contributed by atoms with van der Waals surface area (Å²) < 4.78 is 30.5. The Bertz CT molecular complexity index is 205. The van der Waals surface area contributed by atoms with Gasteiger partial charge in [0.05, 0.1) is 12.5 Å². The molecule has 1 atom stereocenters. The van der Waals surface area contributed by atoms with Gasteiger partial charge in [0.2, 0.25) is 0 Å². The third-order valence-electron chi connectivity index (χ3n) is 2.31. The molecule has 96 valence electrons. The molecule has 0 N–H and O–H groups in total. The zero-order valence-electron chi connectivity index (χ0n) is 10.4. The summed E-state index contributed by atoms with van der Waals surface area (Å²) in [5.41, 5.74) is 0. The summed E-state index contributed by atoms with van der Waals surface area (Å²) in [5.74, 6) is -1.15. The second-order valence-electron chi connectivity index (χ2n) is 4.40. The van der Waals surface area contributed by atoms with Gasteiger partial charge in [-0.2, -0.15) is 0 Å². The van der Waals surface area contributed by atoms with E-state index in [1.54, 1.807) is 0 Å². The standard InChI is InChI=1S/C11H22F2O2Si/c1-4-5-6-7-8-15-11(14)10(2)9-16(3,12)13/h10H,4-9H2,1-3H3. The molecule has 0 amide bonds. The van der Waals surface area contributed by atoms with Crippen molar-refractivity contribution in [1.29, 1.82) is 0 Å². The summed E-state index contributed by atoms with van der Waals surface area (Å²) in [6, 6.07) is -0.305. The Kier molecular flexibility index (Phi) is 7.54. The van der Waals surface area contributed by atoms with E-state index < -0.39 is 20.6 Å². The molecule has 0 aliphatic carbocycles. The van der Waals surface area contributed by atoms with Crippen molar-refractivity contribution in [1.82, 2.24) is 0 Å². The van der Waals surface area contributed by atoms with Gasteiger partial charge in [-0.15, -0.1) is 0 Å². The third-order valence-corrected chi connectivity index (χ3v) is 3.64. The highest BCUT2D eigenvalue weighted by molar-refractivity contribution is 6.64. The second-order valence-corrected chi connectivity index (χ2v) is 6.95. The molecule has 0 saturated heterocycles. The Balaban J connectivity index is 3.64. The van der Waals surface area contributed by atoms with Gasteiger partial charge in [0.15, 0.2) is 0 Å². The zero-order chi connectivity index (χ0) is 12.6. The van der Waals surface area contributed by atoms with Gasteiger partial charge in [-0.1, -0.05) is 33.1 Å². The summed E-state index contributed by atoms with van der Waals surface area (Å²) >= 11 is 0. The normalized spacial score (nSPS) is 13.6. The van der Waals surface area contributed by atoms with Crippen LogP contribution in [0.4, 0.5) is 8.22 Å². The summed E-state index contributed by atoms with van der Waals surface area (Å²) in [5, 5.41) is 0. The number of carbonyl (C=O) groups excluding carboxylic acids is 1. The van der Waals surface area contributed by atoms with Crippen molar-refractivity contribution in [3.8, 4) is 0 Å². The van der Waals surface area contributed by atoms with Crippen LogP contribution in [0.5, 0.6) is 0 Å². The minimum absolute atomic E-state index is 0.305. The Morgan fingerprint density at radius 2 is 1.94 bits per heavy atom. The molecule has 0 aromatic carbocycles. The monoisotopic (exact) mass is 252 g/mol. The van der Waals surface area contributed by atoms with Crippen LogP contribution in [-0.4, -0.2) is 21.3 Å². The molecule has 2 nitrogen and oxygen atoms in total. The average Bonchev–Trinajstić information content (AvgIpc) is 2.14. The fourth-order valence-corrected chi connectivity index (χ4v) is 2.71. The van der Waals surface area contributed by atoms with E-state index >= 15 is 0 Å². The number of hydrogen-bond donors (Lipinski definition) is 0. The Morgan fingerprint density at radius 1 is 1.31 bits per heavy atom. The molecule has 0 fully saturated rings. The van der Waals surface area contributed by atoms with Crippen molar-refractivity contribution < 1.29 is 17.7 Å². The van der Waals surface area contributed by atoms with Crippen LogP contribution in [0.2, 0.25) is 12.6 Å². The lowest BCUT2D eigenvalue weighted by molar-refractivity contribution is -0.147. The van der Waals surface area contributed by atoms with E-state index in [0.717, 1.165) is 32.2 Å². The summed E-state index contributed by atoms with van der Waals surface area (Å²) in [6.45, 7) is 4.93. The molecule has 0 aliphatic heterocycles. The van der Waals surface area contributed by atoms with E-state index in [1.165, 1.54) is 6.92 Å². The quantitative estimate of drug-likeness (QED) is 0.284. The van der Waals surface area contributed by atoms with Crippen LogP contribution >= 0.6 is 0 Å². The summed E-state index contributed by atoms with van der Waals surface area (Å²) in [4.78, 5) is 11.3. The number of esters is 1. The van der Waals surface area contributed by atoms with E-state index in [1.807, 2.05) is 0 Å². The number of halogens is 2. The topological polar surface area (TPSA) is 26.3 Å². The van der Waals surface area contributed by atoms with Gasteiger partial charge in [0, 0.05) is 6.04 Å². The van der Waals surface area contributed by atoms with Crippen LogP contribution in [0.25, 0.3) is 0 Å². The lowest BCUT2D eigenvalue weighted by Gasteiger charge is -2.13. The maximum atomic E-state index is 12.8. The summed E-state index contributed by atoms with van der Waals surface area (Å²) in [6.07, 6.45) is 4.09. The molecule has 0 radical (unpaired) electrons. The van der Waals surface area contributed by atoms with Gasteiger partial charge in [-0.25, -0.2) is 0 Å². The smallest absolute Gasteiger partial charge is 0.422 e. The van der Waals surface area contributed by atoms with Crippen LogP contribution in [0.15, 0.2) is 0 Å². The molecule has 1 unspecified atom stereocenters. The Hall–Kier alpha value is -0.453. The second kappa shape index (κ2) is 7.76. The first-order valence-corrected chi connectivity index (χ1v) is 8.37. The van der Waals surface area contributed by atoms with Crippen molar-refractivity contribution in [2.24, 2.45) is 5.92 Å². The van der Waals surface area contributed by atoms with E-state index in [-0.39, 0.29) is 6.04 Å². The third kappa shape index (κ3) is 8.82. The summed E-state index contributed by atoms with van der Waals surface area (Å²) in [7, 11) is -4.14. The SMILES string of the molecule is CCCCCCOC(=O)C(C)C[Si](C)(F)F. The van der Waals surface area contributed by atoms with Crippen LogP contribution in [-0.2, 0) is 9.53 Å². The van der Waals surface area contributed by atoms with E-state index in [0.29, 0.717) is 6.61 Å². The largest absolute Gasteiger partial charge is 0.465 e. The molecule has 5 heteroatoms. The van der Waals surface area contributed by atoms with E-state index in [2.05, 4.69) is 6.92 Å². The van der Waals surface area contributed by atoms with Crippen LogP contribution in [0.3, 0.4) is 0 Å². The molecule has 0 rings (SSSR count). The van der Waals surface area contributed by atoms with Crippen molar-refractivity contribution >= 4 is 14.7 Å². The van der Waals surface area contributed by atoms with Gasteiger partial charge in [-0.05, 0) is 13.0 Å². The molecular formula is C11H22F2O2Si. The van der Waals surface area contributed by atoms with Crippen molar-refractivity contribution in [3.05, 3.63) is 0 Å². The first-order chi connectivity index (χ1) is 7.37. The first kappa shape index (κ1) is 15.5. The highest BCUT2D eigenvalue weighted by atomic mass is 28.4. The fraction of sp³-hybridized carbons (Fsp3) is 0.909. The van der Waals surface area contributed by atoms with Crippen molar-refractivity contribution in [3.63, 3.8) is 0 Å². The van der Waals surface area contributed by atoms with Crippen LogP contribution in [0, 0.1) is 5.92 Å². The van der Waals surface area contributed by atoms with Gasteiger partial charge in [-0.3, -0.25) is 13.0 Å². The highest BCUT2D eigenvalue weighted by Gasteiger charge is 2.33. The maximum absolute atomic E-state index is 12.8. The predicted octanol–water partition coefficient (Wildman–Crippen LogP) is 3.76. The van der Waals surface area contributed by atoms with Crippen molar-refractivity contribution in [2.45, 2.75) is 52.1 Å².